The molecule has 0 amide bonds. The van der Waals surface area contributed by atoms with E-state index in [1.165, 1.54) is 0 Å². The van der Waals surface area contributed by atoms with Crippen LogP contribution in [0.2, 0.25) is 0 Å². The molecular formula is C10H18O4. The smallest absolute Gasteiger partial charge is 0.308 e. The van der Waals surface area contributed by atoms with Gasteiger partial charge in [-0.05, 0) is 12.3 Å². The zero-order chi connectivity index (χ0) is 10.6. The molecule has 4 nitrogen and oxygen atoms in total. The Balaban J connectivity index is 2.41. The van der Waals surface area contributed by atoms with E-state index in [-0.39, 0.29) is 30.7 Å². The minimum absolute atomic E-state index is 0.0212. The molecule has 1 heterocycles. The van der Waals surface area contributed by atoms with Gasteiger partial charge in [0.25, 0.3) is 0 Å². The first kappa shape index (κ1) is 11.5. The molecule has 0 spiro atoms. The summed E-state index contributed by atoms with van der Waals surface area (Å²) in [6.45, 7) is 2.07. The maximum absolute atomic E-state index is 11.1. The number of cyclic esters (lactones) is 1. The summed E-state index contributed by atoms with van der Waals surface area (Å²) in [7, 11) is 1.61. The third-order valence-corrected chi connectivity index (χ3v) is 2.53. The van der Waals surface area contributed by atoms with E-state index in [0.717, 1.165) is 6.42 Å². The van der Waals surface area contributed by atoms with Crippen LogP contribution in [-0.4, -0.2) is 37.0 Å². The SMILES string of the molecule is CO[C@H]1CC(=O)O[C@H](C[C@H](C)CO)C1. The number of ether oxygens (including phenoxy) is 2. The Labute approximate surface area is 84.2 Å². The maximum atomic E-state index is 11.1. The number of hydrogen-bond donors (Lipinski definition) is 1. The molecule has 1 N–H and O–H groups in total. The van der Waals surface area contributed by atoms with Crippen LogP contribution in [0.1, 0.15) is 26.2 Å². The maximum Gasteiger partial charge on any atom is 0.308 e. The lowest BCUT2D eigenvalue weighted by atomic mass is 9.97. The molecule has 1 fully saturated rings. The number of methoxy groups -OCH3 is 1. The molecule has 1 saturated heterocycles. The van der Waals surface area contributed by atoms with E-state index >= 15 is 0 Å². The van der Waals surface area contributed by atoms with Gasteiger partial charge in [0.15, 0.2) is 0 Å². The van der Waals surface area contributed by atoms with E-state index in [2.05, 4.69) is 0 Å². The van der Waals surface area contributed by atoms with Crippen molar-refractivity contribution in [3.63, 3.8) is 0 Å². The van der Waals surface area contributed by atoms with Crippen LogP contribution < -0.4 is 0 Å². The van der Waals surface area contributed by atoms with Crippen molar-refractivity contribution in [1.29, 1.82) is 0 Å². The van der Waals surface area contributed by atoms with Crippen molar-refractivity contribution < 1.29 is 19.4 Å². The highest BCUT2D eigenvalue weighted by atomic mass is 16.6. The fourth-order valence-corrected chi connectivity index (χ4v) is 1.69. The fraction of sp³-hybridized carbons (Fsp3) is 0.900. The molecule has 82 valence electrons. The number of rotatable bonds is 4. The molecule has 1 aliphatic heterocycles. The molecule has 0 aromatic rings. The predicted molar refractivity (Wildman–Crippen MR) is 50.8 cm³/mol. The summed E-state index contributed by atoms with van der Waals surface area (Å²) in [5.74, 6) is -0.0263. The summed E-state index contributed by atoms with van der Waals surface area (Å²) in [5.41, 5.74) is 0. The Bertz CT molecular complexity index is 191. The number of aliphatic hydroxyl groups excluding tert-OH is 1. The van der Waals surface area contributed by atoms with Crippen LogP contribution in [0.4, 0.5) is 0 Å². The topological polar surface area (TPSA) is 55.8 Å². The Morgan fingerprint density at radius 1 is 1.71 bits per heavy atom. The van der Waals surface area contributed by atoms with Gasteiger partial charge in [0.05, 0.1) is 12.5 Å². The van der Waals surface area contributed by atoms with Crippen molar-refractivity contribution in [1.82, 2.24) is 0 Å². The fourth-order valence-electron chi connectivity index (χ4n) is 1.69. The molecule has 1 rings (SSSR count). The summed E-state index contributed by atoms with van der Waals surface area (Å²) < 4.78 is 10.3. The lowest BCUT2D eigenvalue weighted by molar-refractivity contribution is -0.162. The van der Waals surface area contributed by atoms with Gasteiger partial charge in [0.2, 0.25) is 0 Å². The molecular weight excluding hydrogens is 184 g/mol. The van der Waals surface area contributed by atoms with Gasteiger partial charge >= 0.3 is 5.97 Å². The zero-order valence-electron chi connectivity index (χ0n) is 8.73. The van der Waals surface area contributed by atoms with E-state index in [0.29, 0.717) is 12.8 Å². The molecule has 0 bridgehead atoms. The van der Waals surface area contributed by atoms with Gasteiger partial charge in [0, 0.05) is 20.1 Å². The van der Waals surface area contributed by atoms with Gasteiger partial charge in [0.1, 0.15) is 6.10 Å². The largest absolute Gasteiger partial charge is 0.462 e. The third kappa shape index (κ3) is 3.27. The Morgan fingerprint density at radius 2 is 2.43 bits per heavy atom. The molecule has 3 atom stereocenters. The molecule has 0 aromatic carbocycles. The van der Waals surface area contributed by atoms with Crippen molar-refractivity contribution in [2.75, 3.05) is 13.7 Å². The molecule has 0 aromatic heterocycles. The van der Waals surface area contributed by atoms with Crippen LogP contribution in [-0.2, 0) is 14.3 Å². The van der Waals surface area contributed by atoms with Crippen LogP contribution in [0.5, 0.6) is 0 Å². The number of carbonyl (C=O) groups is 1. The summed E-state index contributed by atoms with van der Waals surface area (Å²) in [4.78, 5) is 11.1. The number of esters is 1. The highest BCUT2D eigenvalue weighted by Gasteiger charge is 2.29. The lowest BCUT2D eigenvalue weighted by Gasteiger charge is -2.29. The van der Waals surface area contributed by atoms with Crippen molar-refractivity contribution in [2.45, 2.75) is 38.4 Å². The first-order valence-corrected chi connectivity index (χ1v) is 4.98. The Hall–Kier alpha value is -0.610. The molecule has 4 heteroatoms. The molecule has 1 aliphatic rings. The molecule has 0 unspecified atom stereocenters. The number of carbonyl (C=O) groups excluding carboxylic acids is 1. The van der Waals surface area contributed by atoms with Crippen molar-refractivity contribution in [2.24, 2.45) is 5.92 Å². The highest BCUT2D eigenvalue weighted by Crippen LogP contribution is 2.22. The first-order chi connectivity index (χ1) is 6.65. The van der Waals surface area contributed by atoms with Crippen LogP contribution >= 0.6 is 0 Å². The predicted octanol–water partition coefficient (Wildman–Crippen LogP) is 0.725. The monoisotopic (exact) mass is 202 g/mol. The normalized spacial score (nSPS) is 29.8. The zero-order valence-corrected chi connectivity index (χ0v) is 8.73. The summed E-state index contributed by atoms with van der Waals surface area (Å²) in [5, 5.41) is 8.88. The standard InChI is InChI=1S/C10H18O4/c1-7(6-11)3-9-4-8(13-2)5-10(12)14-9/h7-9,11H,3-6H2,1-2H3/t7-,8+,9+/m0/s1. The van der Waals surface area contributed by atoms with Gasteiger partial charge in [-0.3, -0.25) is 4.79 Å². The van der Waals surface area contributed by atoms with E-state index in [1.54, 1.807) is 7.11 Å². The average Bonchev–Trinajstić information content (AvgIpc) is 2.16. The second-order valence-electron chi connectivity index (χ2n) is 3.93. The van der Waals surface area contributed by atoms with Crippen molar-refractivity contribution in [3.05, 3.63) is 0 Å². The number of aliphatic hydroxyl groups is 1. The van der Waals surface area contributed by atoms with Gasteiger partial charge in [-0.15, -0.1) is 0 Å². The van der Waals surface area contributed by atoms with Gasteiger partial charge in [-0.25, -0.2) is 0 Å². The van der Waals surface area contributed by atoms with Gasteiger partial charge < -0.3 is 14.6 Å². The Morgan fingerprint density at radius 3 is 3.00 bits per heavy atom. The van der Waals surface area contributed by atoms with Crippen molar-refractivity contribution in [3.8, 4) is 0 Å². The average molecular weight is 202 g/mol. The third-order valence-electron chi connectivity index (χ3n) is 2.53. The van der Waals surface area contributed by atoms with E-state index < -0.39 is 0 Å². The van der Waals surface area contributed by atoms with Crippen LogP contribution in [0.15, 0.2) is 0 Å². The van der Waals surface area contributed by atoms with E-state index in [9.17, 15) is 4.79 Å². The Kier molecular flexibility index (Phi) is 4.35. The van der Waals surface area contributed by atoms with E-state index in [1.807, 2.05) is 6.92 Å². The quantitative estimate of drug-likeness (QED) is 0.683. The molecule has 0 aliphatic carbocycles. The van der Waals surface area contributed by atoms with Crippen molar-refractivity contribution >= 4 is 5.97 Å². The molecule has 0 saturated carbocycles. The van der Waals surface area contributed by atoms with E-state index in [4.69, 9.17) is 14.6 Å². The minimum Gasteiger partial charge on any atom is -0.462 e. The summed E-state index contributed by atoms with van der Waals surface area (Å²) in [6, 6.07) is 0. The first-order valence-electron chi connectivity index (χ1n) is 4.98. The second-order valence-corrected chi connectivity index (χ2v) is 3.93. The summed E-state index contributed by atoms with van der Waals surface area (Å²) >= 11 is 0. The van der Waals surface area contributed by atoms with Crippen LogP contribution in [0.3, 0.4) is 0 Å². The molecule has 14 heavy (non-hydrogen) atoms. The minimum atomic E-state index is -0.196. The van der Waals surface area contributed by atoms with Gasteiger partial charge in [-0.1, -0.05) is 6.92 Å². The number of hydrogen-bond acceptors (Lipinski definition) is 4. The lowest BCUT2D eigenvalue weighted by Crippen LogP contribution is -2.34. The van der Waals surface area contributed by atoms with Gasteiger partial charge in [-0.2, -0.15) is 0 Å². The van der Waals surface area contributed by atoms with Crippen LogP contribution in [0, 0.1) is 5.92 Å². The highest BCUT2D eigenvalue weighted by molar-refractivity contribution is 5.71. The molecule has 0 radical (unpaired) electrons. The second kappa shape index (κ2) is 5.32. The van der Waals surface area contributed by atoms with Crippen LogP contribution in [0.25, 0.3) is 0 Å². The summed E-state index contributed by atoms with van der Waals surface area (Å²) in [6.07, 6.45) is 1.69.